The molecule has 1 aromatic carbocycles. The van der Waals surface area contributed by atoms with Gasteiger partial charge < -0.3 is 20.3 Å². The van der Waals surface area contributed by atoms with Crippen LogP contribution in [0.5, 0.6) is 0 Å². The van der Waals surface area contributed by atoms with Gasteiger partial charge in [0.2, 0.25) is 5.43 Å². The molecule has 3 heterocycles. The van der Waals surface area contributed by atoms with Gasteiger partial charge in [-0.15, -0.1) is 0 Å². The van der Waals surface area contributed by atoms with Crippen molar-refractivity contribution in [3.05, 3.63) is 46.2 Å². The van der Waals surface area contributed by atoms with Crippen LogP contribution in [0.25, 0.3) is 21.9 Å². The Morgan fingerprint density at radius 1 is 1.21 bits per heavy atom. The lowest BCUT2D eigenvalue weighted by Gasteiger charge is -2.29. The van der Waals surface area contributed by atoms with E-state index in [4.69, 9.17) is 5.11 Å². The van der Waals surface area contributed by atoms with Gasteiger partial charge in [-0.25, -0.2) is 9.78 Å². The fraction of sp³-hybridized carbons (Fsp3) is 0.235. The van der Waals surface area contributed by atoms with E-state index in [0.717, 1.165) is 42.8 Å². The van der Waals surface area contributed by atoms with E-state index in [9.17, 15) is 9.59 Å². The van der Waals surface area contributed by atoms with Crippen molar-refractivity contribution in [1.29, 1.82) is 0 Å². The van der Waals surface area contributed by atoms with Crippen LogP contribution in [-0.4, -0.2) is 47.2 Å². The van der Waals surface area contributed by atoms with E-state index in [-0.39, 0.29) is 10.9 Å². The molecule has 7 nitrogen and oxygen atoms in total. The Balaban J connectivity index is 1.86. The summed E-state index contributed by atoms with van der Waals surface area (Å²) in [5.41, 5.74) is 1.48. The van der Waals surface area contributed by atoms with E-state index in [1.54, 1.807) is 6.07 Å². The minimum atomic E-state index is -1.24. The van der Waals surface area contributed by atoms with Crippen LogP contribution in [0.15, 0.2) is 35.3 Å². The molecule has 24 heavy (non-hydrogen) atoms. The average Bonchev–Trinajstić information content (AvgIpc) is 2.61. The number of piperazine rings is 1. The number of nitrogens with one attached hydrogen (secondary N) is 2. The Morgan fingerprint density at radius 3 is 2.75 bits per heavy atom. The number of H-pyrrole nitrogens is 1. The van der Waals surface area contributed by atoms with E-state index < -0.39 is 11.4 Å². The van der Waals surface area contributed by atoms with Crippen LogP contribution in [-0.2, 0) is 0 Å². The number of benzene rings is 1. The average molecular weight is 324 g/mol. The van der Waals surface area contributed by atoms with Crippen molar-refractivity contribution >= 4 is 33.6 Å². The highest BCUT2D eigenvalue weighted by atomic mass is 16.4. The van der Waals surface area contributed by atoms with E-state index in [2.05, 4.69) is 20.2 Å². The van der Waals surface area contributed by atoms with Gasteiger partial charge in [-0.3, -0.25) is 4.79 Å². The minimum absolute atomic E-state index is 0.277. The Hall–Kier alpha value is -2.93. The summed E-state index contributed by atoms with van der Waals surface area (Å²) in [6, 6.07) is 7.64. The van der Waals surface area contributed by atoms with Gasteiger partial charge in [0.05, 0.1) is 10.9 Å². The molecule has 0 saturated carbocycles. The number of anilines is 1. The highest BCUT2D eigenvalue weighted by molar-refractivity contribution is 5.96. The number of aromatic nitrogens is 2. The molecular formula is C17H16N4O3. The molecule has 7 heteroatoms. The lowest BCUT2D eigenvalue weighted by atomic mass is 10.1. The topological polar surface area (TPSA) is 98.3 Å². The third-order valence-electron chi connectivity index (χ3n) is 4.36. The largest absolute Gasteiger partial charge is 0.477 e. The Morgan fingerprint density at radius 2 is 2.00 bits per heavy atom. The Kier molecular flexibility index (Phi) is 3.42. The monoisotopic (exact) mass is 324 g/mol. The first kappa shape index (κ1) is 14.6. The van der Waals surface area contributed by atoms with Gasteiger partial charge in [-0.1, -0.05) is 6.07 Å². The number of carboxylic acids is 1. The standard InChI is InChI=1S/C17H16N4O3/c22-15-12-7-10-1-2-11(21-5-3-18-4-6-21)8-14(10)20-16(12)19-9-13(15)17(23)24/h1-2,7-9,18H,3-6H2,(H,23,24)(H,19,20,22). The second-order valence-electron chi connectivity index (χ2n) is 5.84. The molecule has 122 valence electrons. The molecule has 0 radical (unpaired) electrons. The van der Waals surface area contributed by atoms with Crippen LogP contribution in [0.1, 0.15) is 10.4 Å². The summed E-state index contributed by atoms with van der Waals surface area (Å²) < 4.78 is 0. The molecule has 1 saturated heterocycles. The summed E-state index contributed by atoms with van der Waals surface area (Å²) in [6.45, 7) is 3.79. The molecule has 2 aromatic heterocycles. The second kappa shape index (κ2) is 5.61. The molecule has 0 bridgehead atoms. The van der Waals surface area contributed by atoms with Gasteiger partial charge in [-0.2, -0.15) is 0 Å². The lowest BCUT2D eigenvalue weighted by Crippen LogP contribution is -2.43. The summed E-state index contributed by atoms with van der Waals surface area (Å²) in [6.07, 6.45) is 1.20. The smallest absolute Gasteiger partial charge is 0.341 e. The van der Waals surface area contributed by atoms with Gasteiger partial charge in [0.15, 0.2) is 0 Å². The maximum atomic E-state index is 12.3. The van der Waals surface area contributed by atoms with Crippen molar-refractivity contribution in [2.24, 2.45) is 0 Å². The minimum Gasteiger partial charge on any atom is -0.477 e. The van der Waals surface area contributed by atoms with Crippen molar-refractivity contribution in [1.82, 2.24) is 15.3 Å². The number of carbonyl (C=O) groups is 1. The van der Waals surface area contributed by atoms with Crippen LogP contribution in [0.2, 0.25) is 0 Å². The number of rotatable bonds is 2. The van der Waals surface area contributed by atoms with Gasteiger partial charge in [0.25, 0.3) is 0 Å². The molecule has 0 aliphatic carbocycles. The maximum absolute atomic E-state index is 12.3. The summed E-state index contributed by atoms with van der Waals surface area (Å²) in [7, 11) is 0. The highest BCUT2D eigenvalue weighted by Crippen LogP contribution is 2.23. The number of pyridine rings is 2. The molecule has 4 rings (SSSR count). The number of aromatic amines is 1. The molecule has 1 aliphatic heterocycles. The van der Waals surface area contributed by atoms with E-state index in [1.165, 1.54) is 6.20 Å². The third-order valence-corrected chi connectivity index (χ3v) is 4.36. The predicted molar refractivity (Wildman–Crippen MR) is 91.9 cm³/mol. The van der Waals surface area contributed by atoms with Crippen LogP contribution >= 0.6 is 0 Å². The Bertz CT molecular complexity index is 1010. The zero-order valence-corrected chi connectivity index (χ0v) is 12.9. The zero-order chi connectivity index (χ0) is 16.7. The second-order valence-corrected chi connectivity index (χ2v) is 5.84. The number of aromatic carboxylic acids is 1. The molecule has 1 aliphatic rings. The summed E-state index contributed by atoms with van der Waals surface area (Å²) in [4.78, 5) is 33.0. The van der Waals surface area contributed by atoms with Crippen molar-refractivity contribution < 1.29 is 9.90 Å². The van der Waals surface area contributed by atoms with E-state index in [0.29, 0.717) is 5.65 Å². The van der Waals surface area contributed by atoms with Gasteiger partial charge in [0, 0.05) is 43.4 Å². The molecule has 0 amide bonds. The Labute approximate surface area is 136 Å². The first-order valence-electron chi connectivity index (χ1n) is 7.78. The quantitative estimate of drug-likeness (QED) is 0.612. The SMILES string of the molecule is O=C(O)c1c[nH]c2nc3cc(N4CCNCC4)ccc3cc2c1=O. The predicted octanol–water partition coefficient (Wildman–Crippen LogP) is 1.18. The number of hydrogen-bond acceptors (Lipinski definition) is 5. The molecular weight excluding hydrogens is 308 g/mol. The van der Waals surface area contributed by atoms with Crippen LogP contribution in [0, 0.1) is 0 Å². The van der Waals surface area contributed by atoms with Gasteiger partial charge in [0.1, 0.15) is 11.2 Å². The number of hydrogen-bond donors (Lipinski definition) is 3. The number of nitrogens with zero attached hydrogens (tertiary/aromatic N) is 2. The number of fused-ring (bicyclic) bond motifs is 2. The van der Waals surface area contributed by atoms with Crippen LogP contribution in [0.3, 0.4) is 0 Å². The third kappa shape index (κ3) is 2.39. The highest BCUT2D eigenvalue weighted by Gasteiger charge is 2.14. The van der Waals surface area contributed by atoms with Crippen molar-refractivity contribution in [3.8, 4) is 0 Å². The first-order chi connectivity index (χ1) is 11.6. The van der Waals surface area contributed by atoms with E-state index >= 15 is 0 Å². The first-order valence-corrected chi connectivity index (χ1v) is 7.78. The van der Waals surface area contributed by atoms with Crippen molar-refractivity contribution in [3.63, 3.8) is 0 Å². The normalized spacial score (nSPS) is 15.1. The van der Waals surface area contributed by atoms with Crippen molar-refractivity contribution in [2.45, 2.75) is 0 Å². The molecule has 3 aromatic rings. The fourth-order valence-electron chi connectivity index (χ4n) is 3.07. The number of carboxylic acid groups (broad SMARTS) is 1. The summed E-state index contributed by atoms with van der Waals surface area (Å²) >= 11 is 0. The van der Waals surface area contributed by atoms with Gasteiger partial charge >= 0.3 is 5.97 Å². The maximum Gasteiger partial charge on any atom is 0.341 e. The lowest BCUT2D eigenvalue weighted by molar-refractivity contribution is 0.0695. The molecule has 0 unspecified atom stereocenters. The van der Waals surface area contributed by atoms with Crippen LogP contribution < -0.4 is 15.6 Å². The van der Waals surface area contributed by atoms with Gasteiger partial charge in [-0.05, 0) is 18.2 Å². The van der Waals surface area contributed by atoms with Crippen LogP contribution in [0.4, 0.5) is 5.69 Å². The molecule has 1 fully saturated rings. The summed E-state index contributed by atoms with van der Waals surface area (Å²) in [5, 5.41) is 13.5. The molecule has 0 atom stereocenters. The van der Waals surface area contributed by atoms with Crippen molar-refractivity contribution in [2.75, 3.05) is 31.1 Å². The zero-order valence-electron chi connectivity index (χ0n) is 12.9. The molecule has 0 spiro atoms. The fourth-order valence-corrected chi connectivity index (χ4v) is 3.07. The van der Waals surface area contributed by atoms with E-state index in [1.807, 2.05) is 18.2 Å². The molecule has 3 N–H and O–H groups in total. The summed E-state index contributed by atoms with van der Waals surface area (Å²) in [5.74, 6) is -1.24.